The molecular weight excluding hydrogens is 286 g/mol. The van der Waals surface area contributed by atoms with E-state index in [1.54, 1.807) is 7.11 Å². The summed E-state index contributed by atoms with van der Waals surface area (Å²) < 4.78 is 5.19. The largest absolute Gasteiger partial charge is 0.497 e. The quantitative estimate of drug-likeness (QED) is 0.754. The Morgan fingerprint density at radius 2 is 1.83 bits per heavy atom. The van der Waals surface area contributed by atoms with Gasteiger partial charge in [-0.05, 0) is 49.7 Å². The van der Waals surface area contributed by atoms with Crippen LogP contribution in [0.5, 0.6) is 5.75 Å². The number of nitrogens with one attached hydrogen (secondary N) is 2. The number of nitrogens with zero attached hydrogens (tertiary/aromatic N) is 1. The maximum atomic E-state index is 5.19. The number of hydrogen-bond acceptors (Lipinski definition) is 4. The highest BCUT2D eigenvalue weighted by Gasteiger charge is 2.07. The summed E-state index contributed by atoms with van der Waals surface area (Å²) >= 11 is 0. The molecule has 0 amide bonds. The molecular formula is C19H25N3O. The lowest BCUT2D eigenvalue weighted by Gasteiger charge is -2.14. The van der Waals surface area contributed by atoms with Crippen molar-refractivity contribution in [3.05, 3.63) is 53.6 Å². The molecule has 0 saturated carbocycles. The lowest BCUT2D eigenvalue weighted by Crippen LogP contribution is -2.07. The third-order valence-corrected chi connectivity index (χ3v) is 3.77. The molecule has 0 saturated heterocycles. The second-order valence-electron chi connectivity index (χ2n) is 5.30. The number of methoxy groups -OCH3 is 1. The van der Waals surface area contributed by atoms with E-state index in [1.807, 2.05) is 26.1 Å². The molecule has 0 aliphatic heterocycles. The molecule has 2 aromatic carbocycles. The van der Waals surface area contributed by atoms with Crippen LogP contribution in [-0.2, 0) is 6.54 Å². The Morgan fingerprint density at radius 1 is 1.09 bits per heavy atom. The highest BCUT2D eigenvalue weighted by atomic mass is 16.5. The van der Waals surface area contributed by atoms with Crippen molar-refractivity contribution in [2.75, 3.05) is 31.3 Å². The van der Waals surface area contributed by atoms with Crippen LogP contribution in [0.4, 0.5) is 11.4 Å². The van der Waals surface area contributed by atoms with E-state index in [4.69, 9.17) is 4.74 Å². The minimum atomic E-state index is 0.758. The smallest absolute Gasteiger partial charge is 0.118 e. The van der Waals surface area contributed by atoms with Crippen LogP contribution in [0.3, 0.4) is 0 Å². The van der Waals surface area contributed by atoms with Crippen molar-refractivity contribution in [1.82, 2.24) is 0 Å². The molecule has 23 heavy (non-hydrogen) atoms. The lowest BCUT2D eigenvalue weighted by molar-refractivity contribution is 0.414. The van der Waals surface area contributed by atoms with Crippen LogP contribution in [0, 0.1) is 0 Å². The fraction of sp³-hybridized carbons (Fsp3) is 0.316. The first-order chi connectivity index (χ1) is 11.2. The number of anilines is 2. The maximum Gasteiger partial charge on any atom is 0.118 e. The Morgan fingerprint density at radius 3 is 2.43 bits per heavy atom. The van der Waals surface area contributed by atoms with E-state index in [1.165, 1.54) is 5.56 Å². The van der Waals surface area contributed by atoms with Gasteiger partial charge in [0.25, 0.3) is 0 Å². The van der Waals surface area contributed by atoms with Gasteiger partial charge in [0.2, 0.25) is 0 Å². The van der Waals surface area contributed by atoms with Gasteiger partial charge < -0.3 is 15.4 Å². The molecule has 2 aromatic rings. The van der Waals surface area contributed by atoms with E-state index < -0.39 is 0 Å². The number of benzene rings is 2. The first-order valence-electron chi connectivity index (χ1n) is 7.86. The molecule has 122 valence electrons. The number of hydrogen-bond donors (Lipinski definition) is 2. The minimum Gasteiger partial charge on any atom is -0.497 e. The van der Waals surface area contributed by atoms with Gasteiger partial charge in [0.05, 0.1) is 7.11 Å². The van der Waals surface area contributed by atoms with Crippen LogP contribution < -0.4 is 15.4 Å². The van der Waals surface area contributed by atoms with E-state index in [2.05, 4.69) is 52.9 Å². The molecule has 0 radical (unpaired) electrons. The van der Waals surface area contributed by atoms with Gasteiger partial charge in [0, 0.05) is 42.8 Å². The van der Waals surface area contributed by atoms with Crippen LogP contribution in [0.2, 0.25) is 0 Å². The van der Waals surface area contributed by atoms with Crippen molar-refractivity contribution in [2.24, 2.45) is 4.99 Å². The molecule has 0 heterocycles. The van der Waals surface area contributed by atoms with Crippen molar-refractivity contribution in [2.45, 2.75) is 20.4 Å². The van der Waals surface area contributed by atoms with Crippen LogP contribution in [0.25, 0.3) is 0 Å². The van der Waals surface area contributed by atoms with Crippen LogP contribution in [-0.4, -0.2) is 26.4 Å². The fourth-order valence-electron chi connectivity index (χ4n) is 2.37. The molecule has 0 unspecified atom stereocenters. The van der Waals surface area contributed by atoms with E-state index >= 15 is 0 Å². The molecule has 2 rings (SSSR count). The molecule has 0 fully saturated rings. The highest BCUT2D eigenvalue weighted by Crippen LogP contribution is 2.23. The summed E-state index contributed by atoms with van der Waals surface area (Å²) in [5, 5.41) is 6.85. The zero-order valence-electron chi connectivity index (χ0n) is 14.3. The van der Waals surface area contributed by atoms with Gasteiger partial charge in [0.15, 0.2) is 0 Å². The molecule has 0 aliphatic carbocycles. The Hall–Kier alpha value is -2.49. The summed E-state index contributed by atoms with van der Waals surface area (Å²) in [4.78, 5) is 4.33. The van der Waals surface area contributed by atoms with Crippen molar-refractivity contribution in [3.8, 4) is 5.75 Å². The summed E-state index contributed by atoms with van der Waals surface area (Å²) in [5.74, 6) is 0.874. The van der Waals surface area contributed by atoms with E-state index in [0.29, 0.717) is 0 Å². The molecule has 4 nitrogen and oxygen atoms in total. The molecule has 0 atom stereocenters. The van der Waals surface area contributed by atoms with Gasteiger partial charge in [0.1, 0.15) is 5.75 Å². The summed E-state index contributed by atoms with van der Waals surface area (Å²) in [5.41, 5.74) is 5.55. The molecule has 0 aromatic heterocycles. The normalized spacial score (nSPS) is 11.2. The van der Waals surface area contributed by atoms with Crippen LogP contribution in [0.1, 0.15) is 25.0 Å². The molecule has 0 aliphatic rings. The monoisotopic (exact) mass is 311 g/mol. The van der Waals surface area contributed by atoms with Gasteiger partial charge in [-0.3, -0.25) is 4.99 Å². The second kappa shape index (κ2) is 8.22. The van der Waals surface area contributed by atoms with Crippen LogP contribution in [0.15, 0.2) is 47.5 Å². The second-order valence-corrected chi connectivity index (χ2v) is 5.30. The average molecular weight is 311 g/mol. The highest BCUT2D eigenvalue weighted by molar-refractivity contribution is 6.04. The molecule has 0 bridgehead atoms. The lowest BCUT2D eigenvalue weighted by atomic mass is 10.1. The van der Waals surface area contributed by atoms with Crippen LogP contribution >= 0.6 is 0 Å². The number of aliphatic imine (C=N–C) groups is 1. The van der Waals surface area contributed by atoms with Crippen molar-refractivity contribution < 1.29 is 4.74 Å². The Balaban J connectivity index is 2.17. The molecule has 0 spiro atoms. The van der Waals surface area contributed by atoms with Gasteiger partial charge in [-0.25, -0.2) is 0 Å². The van der Waals surface area contributed by atoms with E-state index in [9.17, 15) is 0 Å². The molecule has 2 N–H and O–H groups in total. The first-order valence-corrected chi connectivity index (χ1v) is 7.86. The van der Waals surface area contributed by atoms with Gasteiger partial charge in [-0.1, -0.05) is 12.1 Å². The summed E-state index contributed by atoms with van der Waals surface area (Å²) in [6.45, 7) is 5.79. The van der Waals surface area contributed by atoms with Gasteiger partial charge >= 0.3 is 0 Å². The predicted molar refractivity (Wildman–Crippen MR) is 99.1 cm³/mol. The van der Waals surface area contributed by atoms with Crippen molar-refractivity contribution in [3.63, 3.8) is 0 Å². The fourth-order valence-corrected chi connectivity index (χ4v) is 2.37. The molecule has 4 heteroatoms. The zero-order valence-corrected chi connectivity index (χ0v) is 14.3. The van der Waals surface area contributed by atoms with E-state index in [0.717, 1.165) is 41.5 Å². The Bertz CT molecular complexity index is 663. The minimum absolute atomic E-state index is 0.758. The number of rotatable bonds is 7. The average Bonchev–Trinajstić information content (AvgIpc) is 2.60. The first kappa shape index (κ1) is 16.9. The topological polar surface area (TPSA) is 45.6 Å². The van der Waals surface area contributed by atoms with E-state index in [-0.39, 0.29) is 0 Å². The Labute approximate surface area is 138 Å². The summed E-state index contributed by atoms with van der Waals surface area (Å²) in [6, 6.07) is 14.4. The van der Waals surface area contributed by atoms with Gasteiger partial charge in [-0.15, -0.1) is 0 Å². The Kier molecular flexibility index (Phi) is 6.03. The SMILES string of the molecule is CCNc1ccc(NCc2ccc(OC)cc2)c(C(C)=NC)c1. The maximum absolute atomic E-state index is 5.19. The van der Waals surface area contributed by atoms with Crippen molar-refractivity contribution >= 4 is 17.1 Å². The zero-order chi connectivity index (χ0) is 16.7. The standard InChI is InChI=1S/C19H25N3O/c1-5-21-16-8-11-19(18(12-16)14(2)20-3)22-13-15-6-9-17(23-4)10-7-15/h6-12,21-22H,5,13H2,1-4H3. The number of ether oxygens (including phenoxy) is 1. The third kappa shape index (κ3) is 4.49. The summed E-state index contributed by atoms with van der Waals surface area (Å²) in [7, 11) is 3.50. The predicted octanol–water partition coefficient (Wildman–Crippen LogP) is 4.18. The summed E-state index contributed by atoms with van der Waals surface area (Å²) in [6.07, 6.45) is 0. The third-order valence-electron chi connectivity index (χ3n) is 3.77. The van der Waals surface area contributed by atoms with Gasteiger partial charge in [-0.2, -0.15) is 0 Å². The van der Waals surface area contributed by atoms with Crippen molar-refractivity contribution in [1.29, 1.82) is 0 Å².